The van der Waals surface area contributed by atoms with Gasteiger partial charge in [-0.2, -0.15) is 0 Å². The largest absolute Gasteiger partial charge is 0.450 e. The molecule has 0 unspecified atom stereocenters. The third-order valence-electron chi connectivity index (χ3n) is 5.39. The van der Waals surface area contributed by atoms with E-state index in [0.29, 0.717) is 19.6 Å². The lowest BCUT2D eigenvalue weighted by molar-refractivity contribution is -0.171. The Balaban J connectivity index is 2.12. The number of carbonyl (C=O) groups excluding carboxylic acids is 1. The normalized spacial score (nSPS) is 23.2. The van der Waals surface area contributed by atoms with Crippen LogP contribution in [0.3, 0.4) is 0 Å². The molecule has 2 rings (SSSR count). The van der Waals surface area contributed by atoms with Gasteiger partial charge in [0.1, 0.15) is 6.10 Å². The molecule has 5 heteroatoms. The number of rotatable bonds is 7. The summed E-state index contributed by atoms with van der Waals surface area (Å²) >= 11 is 0. The lowest BCUT2D eigenvalue weighted by Crippen LogP contribution is -2.51. The van der Waals surface area contributed by atoms with E-state index in [1.807, 2.05) is 42.5 Å². The van der Waals surface area contributed by atoms with Crippen molar-refractivity contribution in [1.29, 1.82) is 0 Å². The highest BCUT2D eigenvalue weighted by Crippen LogP contribution is 2.39. The van der Waals surface area contributed by atoms with Crippen molar-refractivity contribution in [3.8, 4) is 0 Å². The van der Waals surface area contributed by atoms with E-state index in [1.54, 1.807) is 0 Å². The predicted octanol–water partition coefficient (Wildman–Crippen LogP) is 4.86. The van der Waals surface area contributed by atoms with Crippen molar-refractivity contribution >= 4 is 14.3 Å². The molecule has 0 fully saturated rings. The minimum Gasteiger partial charge on any atom is -0.450 e. The summed E-state index contributed by atoms with van der Waals surface area (Å²) in [5.41, 5.74) is 0.247. The second kappa shape index (κ2) is 8.07. The Morgan fingerprint density at radius 1 is 1.23 bits per heavy atom. The molecule has 0 radical (unpaired) electrons. The maximum atomic E-state index is 11.8. The Hall–Kier alpha value is -1.43. The molecule has 2 atom stereocenters. The zero-order valence-corrected chi connectivity index (χ0v) is 17.9. The maximum Gasteiger partial charge on any atom is 0.303 e. The molecule has 0 saturated heterocycles. The summed E-state index contributed by atoms with van der Waals surface area (Å²) < 4.78 is 18.3. The summed E-state index contributed by atoms with van der Waals surface area (Å²) in [7, 11) is -1.97. The molecular weight excluding hydrogens is 344 g/mol. The van der Waals surface area contributed by atoms with Crippen LogP contribution in [0.1, 0.15) is 39.7 Å². The van der Waals surface area contributed by atoms with Gasteiger partial charge in [0.25, 0.3) is 0 Å². The summed E-state index contributed by atoms with van der Waals surface area (Å²) in [5, 5.41) is 0.0904. The van der Waals surface area contributed by atoms with Crippen molar-refractivity contribution in [3.05, 3.63) is 48.0 Å². The first-order valence-electron chi connectivity index (χ1n) is 9.22. The number of esters is 1. The van der Waals surface area contributed by atoms with Crippen molar-refractivity contribution in [3.63, 3.8) is 0 Å². The molecule has 0 heterocycles. The molecule has 0 aliphatic heterocycles. The first-order valence-corrected chi connectivity index (χ1v) is 12.1. The second-order valence-corrected chi connectivity index (χ2v) is 13.3. The van der Waals surface area contributed by atoms with Crippen molar-refractivity contribution in [2.75, 3.05) is 6.61 Å². The van der Waals surface area contributed by atoms with E-state index in [-0.39, 0.29) is 17.1 Å². The molecule has 0 amide bonds. The van der Waals surface area contributed by atoms with Gasteiger partial charge in [0.05, 0.1) is 13.2 Å². The predicted molar refractivity (Wildman–Crippen MR) is 106 cm³/mol. The Labute approximate surface area is 158 Å². The van der Waals surface area contributed by atoms with Crippen LogP contribution in [0.25, 0.3) is 0 Å². The van der Waals surface area contributed by atoms with Crippen LogP contribution < -0.4 is 0 Å². The van der Waals surface area contributed by atoms with Crippen LogP contribution in [0.15, 0.2) is 42.5 Å². The summed E-state index contributed by atoms with van der Waals surface area (Å²) in [4.78, 5) is 11.8. The standard InChI is InChI=1S/C21H32O4Si/c1-17(22)25-21(16-24-26(5,6)20(2,3)4)14-10-13-19(21)23-15-18-11-8-7-9-12-18/h7-12,14,19H,13,15-16H2,1-6H3/t19-,21-/m0/s1. The van der Waals surface area contributed by atoms with E-state index in [0.717, 1.165) is 5.56 Å². The fourth-order valence-electron chi connectivity index (χ4n) is 2.73. The Morgan fingerprint density at radius 2 is 1.88 bits per heavy atom. The summed E-state index contributed by atoms with van der Waals surface area (Å²) in [6.07, 6.45) is 4.43. The Bertz CT molecular complexity index is 633. The Morgan fingerprint density at radius 3 is 2.46 bits per heavy atom. The molecule has 0 bridgehead atoms. The topological polar surface area (TPSA) is 44.8 Å². The smallest absolute Gasteiger partial charge is 0.303 e. The van der Waals surface area contributed by atoms with E-state index >= 15 is 0 Å². The fourth-order valence-corrected chi connectivity index (χ4v) is 3.75. The van der Waals surface area contributed by atoms with Crippen LogP contribution in [0.4, 0.5) is 0 Å². The molecule has 4 nitrogen and oxygen atoms in total. The summed E-state index contributed by atoms with van der Waals surface area (Å²) in [6, 6.07) is 10.0. The SMILES string of the molecule is CC(=O)O[C@]1(CO[Si](C)(C)C(C)(C)C)C=CC[C@@H]1OCc1ccccc1. The molecule has 1 aliphatic rings. The van der Waals surface area contributed by atoms with Gasteiger partial charge in [-0.3, -0.25) is 4.79 Å². The van der Waals surface area contributed by atoms with Gasteiger partial charge in [-0.15, -0.1) is 0 Å². The molecule has 1 aromatic rings. The minimum absolute atomic E-state index is 0.0904. The highest BCUT2D eigenvalue weighted by Gasteiger charge is 2.47. The van der Waals surface area contributed by atoms with Crippen molar-refractivity contribution in [1.82, 2.24) is 0 Å². The molecular formula is C21H32O4Si. The first-order chi connectivity index (χ1) is 12.1. The van der Waals surface area contributed by atoms with E-state index in [1.165, 1.54) is 6.92 Å². The van der Waals surface area contributed by atoms with Crippen LogP contribution in [-0.4, -0.2) is 32.6 Å². The van der Waals surface area contributed by atoms with E-state index < -0.39 is 13.9 Å². The van der Waals surface area contributed by atoms with E-state index in [9.17, 15) is 4.79 Å². The fraction of sp³-hybridized carbons (Fsp3) is 0.571. The highest BCUT2D eigenvalue weighted by molar-refractivity contribution is 6.74. The average Bonchev–Trinajstić information content (AvgIpc) is 2.93. The van der Waals surface area contributed by atoms with Gasteiger partial charge >= 0.3 is 5.97 Å². The molecule has 0 saturated carbocycles. The van der Waals surface area contributed by atoms with Crippen LogP contribution >= 0.6 is 0 Å². The molecule has 1 aromatic carbocycles. The van der Waals surface area contributed by atoms with Gasteiger partial charge in [0.15, 0.2) is 13.9 Å². The van der Waals surface area contributed by atoms with Gasteiger partial charge < -0.3 is 13.9 Å². The monoisotopic (exact) mass is 376 g/mol. The molecule has 0 spiro atoms. The number of carbonyl (C=O) groups is 1. The van der Waals surface area contributed by atoms with Gasteiger partial charge in [-0.05, 0) is 36.2 Å². The van der Waals surface area contributed by atoms with E-state index in [4.69, 9.17) is 13.9 Å². The molecule has 0 aromatic heterocycles. The van der Waals surface area contributed by atoms with Crippen LogP contribution in [0.2, 0.25) is 18.1 Å². The zero-order chi connectivity index (χ0) is 19.4. The first kappa shape index (κ1) is 20.9. The van der Waals surface area contributed by atoms with Crippen molar-refractivity contribution in [2.24, 2.45) is 0 Å². The van der Waals surface area contributed by atoms with Gasteiger partial charge in [0, 0.05) is 6.92 Å². The lowest BCUT2D eigenvalue weighted by Gasteiger charge is -2.41. The number of hydrogen-bond donors (Lipinski definition) is 0. The highest BCUT2D eigenvalue weighted by atomic mass is 28.4. The summed E-state index contributed by atoms with van der Waals surface area (Å²) in [6.45, 7) is 13.3. The third kappa shape index (κ3) is 5.06. The van der Waals surface area contributed by atoms with Gasteiger partial charge in [0.2, 0.25) is 0 Å². The van der Waals surface area contributed by atoms with E-state index in [2.05, 4.69) is 33.9 Å². The minimum atomic E-state index is -1.97. The number of hydrogen-bond acceptors (Lipinski definition) is 4. The van der Waals surface area contributed by atoms with Crippen molar-refractivity contribution < 1.29 is 18.7 Å². The van der Waals surface area contributed by atoms with Gasteiger partial charge in [-0.25, -0.2) is 0 Å². The van der Waals surface area contributed by atoms with Crippen molar-refractivity contribution in [2.45, 2.75) is 70.6 Å². The third-order valence-corrected chi connectivity index (χ3v) is 9.87. The molecule has 26 heavy (non-hydrogen) atoms. The van der Waals surface area contributed by atoms with Crippen LogP contribution in [0, 0.1) is 0 Å². The quantitative estimate of drug-likeness (QED) is 0.387. The van der Waals surface area contributed by atoms with Crippen LogP contribution in [-0.2, 0) is 25.3 Å². The molecule has 144 valence electrons. The van der Waals surface area contributed by atoms with Crippen LogP contribution in [0.5, 0.6) is 0 Å². The lowest BCUT2D eigenvalue weighted by atomic mass is 10.0. The summed E-state index contributed by atoms with van der Waals surface area (Å²) in [5.74, 6) is -0.316. The second-order valence-electron chi connectivity index (χ2n) is 8.52. The average molecular weight is 377 g/mol. The van der Waals surface area contributed by atoms with Gasteiger partial charge in [-0.1, -0.05) is 57.2 Å². The zero-order valence-electron chi connectivity index (χ0n) is 16.9. The Kier molecular flexibility index (Phi) is 6.48. The number of ether oxygens (including phenoxy) is 2. The maximum absolute atomic E-state index is 11.8. The molecule has 1 aliphatic carbocycles. The molecule has 0 N–H and O–H groups in total. The number of benzene rings is 1.